The van der Waals surface area contributed by atoms with Gasteiger partial charge in [0.05, 0.1) is 15.9 Å². The van der Waals surface area contributed by atoms with Gasteiger partial charge in [0.25, 0.3) is 11.4 Å². The van der Waals surface area contributed by atoms with E-state index in [4.69, 9.17) is 0 Å². The summed E-state index contributed by atoms with van der Waals surface area (Å²) in [7, 11) is 0. The highest BCUT2D eigenvalue weighted by Crippen LogP contribution is 2.34. The average molecular weight is 292 g/mol. The molecule has 0 bridgehead atoms. The minimum absolute atomic E-state index is 0.185. The predicted molar refractivity (Wildman–Crippen MR) is 76.6 cm³/mol. The van der Waals surface area contributed by atoms with Crippen LogP contribution in [0.4, 0.5) is 17.1 Å². The van der Waals surface area contributed by atoms with E-state index in [2.05, 4.69) is 4.90 Å². The van der Waals surface area contributed by atoms with Crippen LogP contribution in [0.1, 0.15) is 12.8 Å². The number of anilines is 1. The van der Waals surface area contributed by atoms with Gasteiger partial charge < -0.3 is 4.90 Å². The second kappa shape index (κ2) is 5.28. The van der Waals surface area contributed by atoms with Crippen LogP contribution in [0.15, 0.2) is 18.2 Å². The van der Waals surface area contributed by atoms with Crippen molar-refractivity contribution < 1.29 is 9.85 Å². The molecule has 112 valence electrons. The van der Waals surface area contributed by atoms with Gasteiger partial charge in [-0.3, -0.25) is 25.1 Å². The largest absolute Gasteiger partial charge is 0.363 e. The maximum atomic E-state index is 11.2. The zero-order valence-electron chi connectivity index (χ0n) is 11.5. The molecule has 0 spiro atoms. The Hall–Kier alpha value is -2.22. The Labute approximate surface area is 121 Å². The molecule has 8 heteroatoms. The van der Waals surface area contributed by atoms with E-state index in [1.54, 1.807) is 0 Å². The lowest BCUT2D eigenvalue weighted by molar-refractivity contribution is -0.393. The molecule has 0 saturated carbocycles. The molecule has 2 fully saturated rings. The topological polar surface area (TPSA) is 92.8 Å². The fourth-order valence-corrected chi connectivity index (χ4v) is 3.25. The maximum Gasteiger partial charge on any atom is 0.299 e. The fraction of sp³-hybridized carbons (Fsp3) is 0.538. The van der Waals surface area contributed by atoms with Crippen LogP contribution in [0.2, 0.25) is 0 Å². The third-order valence-electron chi connectivity index (χ3n) is 4.29. The van der Waals surface area contributed by atoms with Gasteiger partial charge in [-0.1, -0.05) is 0 Å². The third kappa shape index (κ3) is 2.54. The van der Waals surface area contributed by atoms with Gasteiger partial charge in [0.1, 0.15) is 5.69 Å². The molecule has 1 aromatic carbocycles. The number of piperazine rings is 1. The van der Waals surface area contributed by atoms with E-state index >= 15 is 0 Å². The summed E-state index contributed by atoms with van der Waals surface area (Å²) in [6.07, 6.45) is 2.28. The summed E-state index contributed by atoms with van der Waals surface area (Å²) in [6, 6.07) is 4.33. The van der Waals surface area contributed by atoms with Crippen LogP contribution in [0.3, 0.4) is 0 Å². The summed E-state index contributed by atoms with van der Waals surface area (Å²) in [5.41, 5.74) is 0.0535. The van der Waals surface area contributed by atoms with Crippen molar-refractivity contribution in [2.75, 3.05) is 31.1 Å². The average Bonchev–Trinajstić information content (AvgIpc) is 2.93. The van der Waals surface area contributed by atoms with Crippen molar-refractivity contribution in [3.63, 3.8) is 0 Å². The van der Waals surface area contributed by atoms with Crippen LogP contribution in [-0.4, -0.2) is 47.0 Å². The van der Waals surface area contributed by atoms with Gasteiger partial charge in [0.15, 0.2) is 0 Å². The lowest BCUT2D eigenvalue weighted by Gasteiger charge is -2.38. The molecule has 2 aliphatic heterocycles. The molecule has 0 aromatic heterocycles. The third-order valence-corrected chi connectivity index (χ3v) is 4.29. The molecule has 2 heterocycles. The van der Waals surface area contributed by atoms with Crippen molar-refractivity contribution in [2.24, 2.45) is 0 Å². The predicted octanol–water partition coefficient (Wildman–Crippen LogP) is 1.79. The van der Waals surface area contributed by atoms with Gasteiger partial charge in [-0.15, -0.1) is 0 Å². The molecule has 0 unspecified atom stereocenters. The highest BCUT2D eigenvalue weighted by Gasteiger charge is 2.33. The van der Waals surface area contributed by atoms with Crippen molar-refractivity contribution in [1.29, 1.82) is 0 Å². The number of rotatable bonds is 3. The van der Waals surface area contributed by atoms with Gasteiger partial charge in [0, 0.05) is 31.7 Å². The molecular weight excluding hydrogens is 276 g/mol. The number of nitrogens with zero attached hydrogens (tertiary/aromatic N) is 4. The van der Waals surface area contributed by atoms with Gasteiger partial charge in [-0.2, -0.15) is 0 Å². The molecular formula is C13H16N4O4. The fourth-order valence-electron chi connectivity index (χ4n) is 3.25. The molecule has 3 rings (SSSR count). The molecule has 0 radical (unpaired) electrons. The molecule has 2 aliphatic rings. The lowest BCUT2D eigenvalue weighted by Crippen LogP contribution is -2.50. The van der Waals surface area contributed by atoms with Gasteiger partial charge in [0.2, 0.25) is 0 Å². The standard InChI is InChI=1S/C13H16N4O4/c18-16(19)10-3-4-12(13(8-10)17(20)21)15-7-6-14-5-1-2-11(14)9-15/h3-4,8,11H,1-2,5-7,9H2/t11-/m1/s1. The summed E-state index contributed by atoms with van der Waals surface area (Å²) in [6.45, 7) is 3.45. The molecule has 8 nitrogen and oxygen atoms in total. The molecule has 0 N–H and O–H groups in total. The van der Waals surface area contributed by atoms with E-state index in [9.17, 15) is 20.2 Å². The lowest BCUT2D eigenvalue weighted by atomic mass is 10.1. The van der Waals surface area contributed by atoms with Crippen molar-refractivity contribution in [2.45, 2.75) is 18.9 Å². The van der Waals surface area contributed by atoms with Crippen molar-refractivity contribution in [3.8, 4) is 0 Å². The Kier molecular flexibility index (Phi) is 3.46. The first-order valence-corrected chi connectivity index (χ1v) is 6.98. The molecule has 1 atom stereocenters. The summed E-state index contributed by atoms with van der Waals surface area (Å²) >= 11 is 0. The summed E-state index contributed by atoms with van der Waals surface area (Å²) in [5.74, 6) is 0. The Morgan fingerprint density at radius 2 is 1.90 bits per heavy atom. The van der Waals surface area contributed by atoms with E-state index in [1.165, 1.54) is 18.6 Å². The first-order valence-electron chi connectivity index (χ1n) is 6.98. The highest BCUT2D eigenvalue weighted by atomic mass is 16.6. The Morgan fingerprint density at radius 3 is 2.62 bits per heavy atom. The molecule has 0 aliphatic carbocycles. The second-order valence-corrected chi connectivity index (χ2v) is 5.47. The van der Waals surface area contributed by atoms with Gasteiger partial charge in [-0.25, -0.2) is 0 Å². The van der Waals surface area contributed by atoms with Crippen LogP contribution < -0.4 is 4.90 Å². The van der Waals surface area contributed by atoms with E-state index in [1.807, 2.05) is 4.90 Å². The van der Waals surface area contributed by atoms with Crippen LogP contribution in [0.25, 0.3) is 0 Å². The number of non-ortho nitro benzene ring substituents is 1. The first kappa shape index (κ1) is 13.7. The normalized spacial score (nSPS) is 22.1. The van der Waals surface area contributed by atoms with E-state index in [0.717, 1.165) is 38.7 Å². The number of hydrogen-bond donors (Lipinski definition) is 0. The number of nitro groups is 2. The quantitative estimate of drug-likeness (QED) is 0.623. The summed E-state index contributed by atoms with van der Waals surface area (Å²) in [5, 5.41) is 22.0. The highest BCUT2D eigenvalue weighted by molar-refractivity contribution is 5.67. The molecule has 2 saturated heterocycles. The zero-order chi connectivity index (χ0) is 15.0. The summed E-state index contributed by atoms with van der Waals surface area (Å²) < 4.78 is 0. The van der Waals surface area contributed by atoms with E-state index < -0.39 is 9.85 Å². The van der Waals surface area contributed by atoms with Gasteiger partial charge >= 0.3 is 0 Å². The Bertz CT molecular complexity index is 592. The van der Waals surface area contributed by atoms with Crippen molar-refractivity contribution >= 4 is 17.1 Å². The van der Waals surface area contributed by atoms with E-state index in [-0.39, 0.29) is 11.4 Å². The maximum absolute atomic E-state index is 11.2. The molecule has 0 amide bonds. The zero-order valence-corrected chi connectivity index (χ0v) is 11.5. The number of benzene rings is 1. The van der Waals surface area contributed by atoms with Crippen LogP contribution in [0.5, 0.6) is 0 Å². The monoisotopic (exact) mass is 292 g/mol. The van der Waals surface area contributed by atoms with Crippen LogP contribution >= 0.6 is 0 Å². The minimum Gasteiger partial charge on any atom is -0.363 e. The van der Waals surface area contributed by atoms with Crippen molar-refractivity contribution in [1.82, 2.24) is 4.90 Å². The minimum atomic E-state index is -0.605. The first-order chi connectivity index (χ1) is 10.1. The smallest absolute Gasteiger partial charge is 0.299 e. The molecule has 1 aromatic rings. The number of fused-ring (bicyclic) bond motifs is 1. The molecule has 21 heavy (non-hydrogen) atoms. The SMILES string of the molecule is O=[N+]([O-])c1ccc(N2CCN3CCC[C@@H]3C2)c([N+](=O)[O-])c1. The Balaban J connectivity index is 1.90. The second-order valence-electron chi connectivity index (χ2n) is 5.47. The van der Waals surface area contributed by atoms with Crippen molar-refractivity contribution in [3.05, 3.63) is 38.4 Å². The van der Waals surface area contributed by atoms with Gasteiger partial charge in [-0.05, 0) is 25.5 Å². The van der Waals surface area contributed by atoms with Crippen LogP contribution in [-0.2, 0) is 0 Å². The number of hydrogen-bond acceptors (Lipinski definition) is 6. The number of nitro benzene ring substituents is 2. The van der Waals surface area contributed by atoms with E-state index in [0.29, 0.717) is 11.7 Å². The Morgan fingerprint density at radius 1 is 1.10 bits per heavy atom. The van der Waals surface area contributed by atoms with Crippen LogP contribution in [0, 0.1) is 20.2 Å². The summed E-state index contributed by atoms with van der Waals surface area (Å²) in [4.78, 5) is 25.2.